The quantitative estimate of drug-likeness (QED) is 0.690. The van der Waals surface area contributed by atoms with Crippen LogP contribution in [0.4, 0.5) is 0 Å². The molecule has 0 atom stereocenters. The van der Waals surface area contributed by atoms with Crippen LogP contribution in [0, 0.1) is 0 Å². The van der Waals surface area contributed by atoms with Crippen molar-refractivity contribution in [1.29, 1.82) is 0 Å². The predicted molar refractivity (Wildman–Crippen MR) is 87.5 cm³/mol. The summed E-state index contributed by atoms with van der Waals surface area (Å²) in [6, 6.07) is 14.7. The van der Waals surface area contributed by atoms with E-state index in [1.54, 1.807) is 42.5 Å². The Morgan fingerprint density at radius 1 is 1.04 bits per heavy atom. The van der Waals surface area contributed by atoms with Crippen LogP contribution >= 0.6 is 0 Å². The van der Waals surface area contributed by atoms with Crippen molar-refractivity contribution in [2.45, 2.75) is 11.8 Å². The zero-order chi connectivity index (χ0) is 16.6. The van der Waals surface area contributed by atoms with E-state index in [0.29, 0.717) is 16.7 Å². The highest BCUT2D eigenvalue weighted by atomic mass is 32.2. The Bertz CT molecular complexity index is 988. The second-order valence-corrected chi connectivity index (χ2v) is 6.88. The van der Waals surface area contributed by atoms with Gasteiger partial charge >= 0.3 is 0 Å². The maximum Gasteiger partial charge on any atom is 0.268 e. The van der Waals surface area contributed by atoms with Crippen LogP contribution in [0.1, 0.15) is 17.4 Å². The first-order valence-corrected chi connectivity index (χ1v) is 8.40. The molecule has 6 heteroatoms. The van der Waals surface area contributed by atoms with Gasteiger partial charge in [0.1, 0.15) is 11.4 Å². The molecule has 0 aliphatic heterocycles. The van der Waals surface area contributed by atoms with Crippen molar-refractivity contribution in [3.05, 3.63) is 60.3 Å². The van der Waals surface area contributed by atoms with Crippen LogP contribution in [-0.4, -0.2) is 25.3 Å². The zero-order valence-corrected chi connectivity index (χ0v) is 13.5. The van der Waals surface area contributed by atoms with Crippen molar-refractivity contribution in [2.24, 2.45) is 0 Å². The SMILES string of the molecule is COc1ccc2cc(C(C)=O)n(S(=O)(=O)c3ccccc3)c2c1. The van der Waals surface area contributed by atoms with Crippen molar-refractivity contribution < 1.29 is 17.9 Å². The number of nitrogens with zero attached hydrogens (tertiary/aromatic N) is 1. The van der Waals surface area contributed by atoms with E-state index in [9.17, 15) is 13.2 Å². The number of benzene rings is 2. The van der Waals surface area contributed by atoms with Crippen molar-refractivity contribution >= 4 is 26.7 Å². The average molecular weight is 329 g/mol. The third kappa shape index (κ3) is 2.51. The summed E-state index contributed by atoms with van der Waals surface area (Å²) in [5, 5.41) is 0.663. The van der Waals surface area contributed by atoms with Crippen LogP contribution in [0.3, 0.4) is 0 Å². The second kappa shape index (κ2) is 5.55. The summed E-state index contributed by atoms with van der Waals surface area (Å²) in [6.45, 7) is 1.35. The number of hydrogen-bond acceptors (Lipinski definition) is 4. The summed E-state index contributed by atoms with van der Waals surface area (Å²) in [5.74, 6) is 0.204. The molecule has 118 valence electrons. The fourth-order valence-corrected chi connectivity index (χ4v) is 4.05. The molecule has 0 saturated heterocycles. The van der Waals surface area contributed by atoms with Crippen molar-refractivity contribution in [3.8, 4) is 5.75 Å². The molecule has 3 rings (SSSR count). The van der Waals surface area contributed by atoms with Crippen LogP contribution < -0.4 is 4.74 Å². The Morgan fingerprint density at radius 3 is 2.35 bits per heavy atom. The minimum atomic E-state index is -3.88. The molecule has 3 aromatic rings. The number of Topliss-reactive ketones (excluding diaryl/α,β-unsaturated/α-hetero) is 1. The summed E-state index contributed by atoms with van der Waals surface area (Å²) in [5.41, 5.74) is 0.538. The van der Waals surface area contributed by atoms with Crippen LogP contribution in [0.5, 0.6) is 5.75 Å². The van der Waals surface area contributed by atoms with Gasteiger partial charge in [0.15, 0.2) is 5.78 Å². The lowest BCUT2D eigenvalue weighted by molar-refractivity contribution is 0.101. The van der Waals surface area contributed by atoms with E-state index >= 15 is 0 Å². The molecular formula is C17H15NO4S. The maximum atomic E-state index is 13.0. The van der Waals surface area contributed by atoms with Gasteiger partial charge in [0, 0.05) is 18.4 Å². The summed E-state index contributed by atoms with van der Waals surface area (Å²) in [6.07, 6.45) is 0. The first kappa shape index (κ1) is 15.3. The van der Waals surface area contributed by atoms with E-state index in [1.165, 1.54) is 26.2 Å². The molecule has 0 aliphatic carbocycles. The number of carbonyl (C=O) groups excluding carboxylic acids is 1. The zero-order valence-electron chi connectivity index (χ0n) is 12.7. The fraction of sp³-hybridized carbons (Fsp3) is 0.118. The van der Waals surface area contributed by atoms with E-state index in [4.69, 9.17) is 4.74 Å². The number of aromatic nitrogens is 1. The van der Waals surface area contributed by atoms with E-state index in [1.807, 2.05) is 0 Å². The fourth-order valence-electron chi connectivity index (χ4n) is 2.49. The molecule has 0 spiro atoms. The maximum absolute atomic E-state index is 13.0. The minimum absolute atomic E-state index is 0.122. The lowest BCUT2D eigenvalue weighted by Crippen LogP contribution is -2.17. The predicted octanol–water partition coefficient (Wildman–Crippen LogP) is 3.09. The van der Waals surface area contributed by atoms with Gasteiger partial charge in [0.05, 0.1) is 17.5 Å². The van der Waals surface area contributed by atoms with Crippen molar-refractivity contribution in [2.75, 3.05) is 7.11 Å². The molecule has 0 unspecified atom stereocenters. The van der Waals surface area contributed by atoms with Gasteiger partial charge in [0.25, 0.3) is 10.0 Å². The molecule has 1 heterocycles. The number of ketones is 1. The lowest BCUT2D eigenvalue weighted by Gasteiger charge is -2.11. The van der Waals surface area contributed by atoms with Crippen LogP contribution in [0.25, 0.3) is 10.9 Å². The molecule has 0 aliphatic rings. The number of methoxy groups -OCH3 is 1. The molecule has 0 N–H and O–H groups in total. The van der Waals surface area contributed by atoms with Gasteiger partial charge in [-0.1, -0.05) is 18.2 Å². The van der Waals surface area contributed by atoms with Gasteiger partial charge < -0.3 is 4.74 Å². The highest BCUT2D eigenvalue weighted by Crippen LogP contribution is 2.29. The summed E-state index contributed by atoms with van der Waals surface area (Å²) in [7, 11) is -2.38. The van der Waals surface area contributed by atoms with E-state index in [-0.39, 0.29) is 16.4 Å². The number of fused-ring (bicyclic) bond motifs is 1. The number of carbonyl (C=O) groups is 1. The Kier molecular flexibility index (Phi) is 3.69. The molecule has 2 aromatic carbocycles. The molecule has 0 bridgehead atoms. The molecule has 1 aromatic heterocycles. The molecule has 0 radical (unpaired) electrons. The van der Waals surface area contributed by atoms with Gasteiger partial charge in [-0.25, -0.2) is 12.4 Å². The van der Waals surface area contributed by atoms with E-state index < -0.39 is 10.0 Å². The van der Waals surface area contributed by atoms with Crippen molar-refractivity contribution in [3.63, 3.8) is 0 Å². The highest BCUT2D eigenvalue weighted by molar-refractivity contribution is 7.90. The van der Waals surface area contributed by atoms with Gasteiger partial charge in [-0.3, -0.25) is 4.79 Å². The summed E-state index contributed by atoms with van der Waals surface area (Å²) >= 11 is 0. The third-order valence-electron chi connectivity index (χ3n) is 3.61. The topological polar surface area (TPSA) is 65.4 Å². The first-order valence-electron chi connectivity index (χ1n) is 6.96. The van der Waals surface area contributed by atoms with Crippen LogP contribution in [-0.2, 0) is 10.0 Å². The Hall–Kier alpha value is -2.60. The summed E-state index contributed by atoms with van der Waals surface area (Å²) < 4.78 is 32.3. The average Bonchev–Trinajstić information content (AvgIpc) is 2.95. The van der Waals surface area contributed by atoms with E-state index in [2.05, 4.69) is 0 Å². The molecule has 0 amide bonds. The Labute approximate surface area is 134 Å². The van der Waals surface area contributed by atoms with Crippen molar-refractivity contribution in [1.82, 2.24) is 3.97 Å². The number of rotatable bonds is 4. The lowest BCUT2D eigenvalue weighted by atomic mass is 10.2. The standard InChI is InChI=1S/C17H15NO4S/c1-12(19)16-10-13-8-9-14(22-2)11-17(13)18(16)23(20,21)15-6-4-3-5-7-15/h3-11H,1-2H3. The van der Waals surface area contributed by atoms with Gasteiger partial charge in [0.2, 0.25) is 0 Å². The first-order chi connectivity index (χ1) is 10.9. The van der Waals surface area contributed by atoms with Gasteiger partial charge in [-0.15, -0.1) is 0 Å². The van der Waals surface area contributed by atoms with Gasteiger partial charge in [-0.2, -0.15) is 0 Å². The summed E-state index contributed by atoms with van der Waals surface area (Å²) in [4.78, 5) is 12.1. The third-order valence-corrected chi connectivity index (χ3v) is 5.35. The monoisotopic (exact) mass is 329 g/mol. The van der Waals surface area contributed by atoms with Crippen LogP contribution in [0.15, 0.2) is 59.5 Å². The molecule has 0 fully saturated rings. The van der Waals surface area contributed by atoms with E-state index in [0.717, 1.165) is 3.97 Å². The highest BCUT2D eigenvalue weighted by Gasteiger charge is 2.25. The minimum Gasteiger partial charge on any atom is -0.497 e. The molecule has 5 nitrogen and oxygen atoms in total. The molecular weight excluding hydrogens is 314 g/mol. The largest absolute Gasteiger partial charge is 0.497 e. The second-order valence-electron chi connectivity index (χ2n) is 5.09. The Morgan fingerprint density at radius 2 is 1.74 bits per heavy atom. The molecule has 23 heavy (non-hydrogen) atoms. The number of hydrogen-bond donors (Lipinski definition) is 0. The van der Waals surface area contributed by atoms with Gasteiger partial charge in [-0.05, 0) is 30.3 Å². The normalized spacial score (nSPS) is 11.6. The van der Waals surface area contributed by atoms with Crippen LogP contribution in [0.2, 0.25) is 0 Å². The molecule has 0 saturated carbocycles. The number of ether oxygens (including phenoxy) is 1. The Balaban J connectivity index is 2.39. The smallest absolute Gasteiger partial charge is 0.268 e.